The molecular weight excluding hydrogens is 378 g/mol. The smallest absolute Gasteiger partial charge is 0.221 e. The average Bonchev–Trinajstić information content (AvgIpc) is 2.71. The highest BCUT2D eigenvalue weighted by Gasteiger charge is 2.27. The number of hydrogen-bond acceptors (Lipinski definition) is 7. The number of anilines is 1. The Morgan fingerprint density at radius 1 is 0.862 bits per heavy atom. The van der Waals surface area contributed by atoms with Crippen LogP contribution in [-0.2, 0) is 4.79 Å². The second kappa shape index (κ2) is 8.14. The van der Waals surface area contributed by atoms with Gasteiger partial charge in [-0.25, -0.2) is 0 Å². The number of fused-ring (bicyclic) bond motifs is 1. The molecule has 0 saturated carbocycles. The highest BCUT2D eigenvalue weighted by atomic mass is 16.5. The molecule has 152 valence electrons. The molecule has 3 aromatic rings. The van der Waals surface area contributed by atoms with Gasteiger partial charge in [0.2, 0.25) is 23.2 Å². The minimum Gasteiger partial charge on any atom is -0.492 e. The van der Waals surface area contributed by atoms with Gasteiger partial charge in [-0.15, -0.1) is 0 Å². The first-order valence-corrected chi connectivity index (χ1v) is 8.66. The standard InChI is InChI=1S/C21H21NO7/c1-11(23)22-13-8-6-12(7-9-13)15-10-14(24)16-17(25-2)19(26-3)21(28-5)20(27-4)18(16)29-15/h6-10H,1-5H3,(H,22,23). The zero-order valence-corrected chi connectivity index (χ0v) is 16.7. The number of nitrogens with one attached hydrogen (secondary N) is 1. The van der Waals surface area contributed by atoms with Crippen LogP contribution in [0, 0.1) is 0 Å². The Kier molecular flexibility index (Phi) is 5.63. The molecule has 0 bridgehead atoms. The zero-order valence-electron chi connectivity index (χ0n) is 16.7. The predicted molar refractivity (Wildman–Crippen MR) is 108 cm³/mol. The van der Waals surface area contributed by atoms with E-state index in [0.717, 1.165) is 0 Å². The van der Waals surface area contributed by atoms with Gasteiger partial charge < -0.3 is 28.7 Å². The van der Waals surface area contributed by atoms with Gasteiger partial charge in [0.15, 0.2) is 16.8 Å². The second-order valence-electron chi connectivity index (χ2n) is 6.07. The van der Waals surface area contributed by atoms with E-state index >= 15 is 0 Å². The molecule has 1 heterocycles. The number of carbonyl (C=O) groups is 1. The van der Waals surface area contributed by atoms with Crippen molar-refractivity contribution in [3.8, 4) is 34.3 Å². The molecule has 0 atom stereocenters. The Bertz CT molecular complexity index is 1120. The van der Waals surface area contributed by atoms with E-state index in [1.165, 1.54) is 41.4 Å². The second-order valence-corrected chi connectivity index (χ2v) is 6.07. The molecule has 0 aliphatic heterocycles. The van der Waals surface area contributed by atoms with Crippen LogP contribution in [0.4, 0.5) is 5.69 Å². The van der Waals surface area contributed by atoms with Gasteiger partial charge in [0.1, 0.15) is 11.1 Å². The fraction of sp³-hybridized carbons (Fsp3) is 0.238. The van der Waals surface area contributed by atoms with Gasteiger partial charge in [-0.3, -0.25) is 9.59 Å². The SMILES string of the molecule is COc1c(OC)c(OC)c2c(=O)cc(-c3ccc(NC(C)=O)cc3)oc2c1OC. The summed E-state index contributed by atoms with van der Waals surface area (Å²) >= 11 is 0. The van der Waals surface area contributed by atoms with Crippen molar-refractivity contribution in [3.63, 3.8) is 0 Å². The van der Waals surface area contributed by atoms with Crippen molar-refractivity contribution in [3.05, 3.63) is 40.6 Å². The fourth-order valence-corrected chi connectivity index (χ4v) is 3.11. The van der Waals surface area contributed by atoms with Crippen molar-refractivity contribution in [1.82, 2.24) is 0 Å². The Balaban J connectivity index is 2.28. The Morgan fingerprint density at radius 2 is 1.41 bits per heavy atom. The lowest BCUT2D eigenvalue weighted by molar-refractivity contribution is -0.114. The summed E-state index contributed by atoms with van der Waals surface area (Å²) in [6.45, 7) is 1.43. The molecule has 0 radical (unpaired) electrons. The highest BCUT2D eigenvalue weighted by Crippen LogP contribution is 2.50. The number of hydrogen-bond donors (Lipinski definition) is 1. The molecule has 3 rings (SSSR count). The lowest BCUT2D eigenvalue weighted by Crippen LogP contribution is -2.07. The molecule has 8 heteroatoms. The molecule has 0 aliphatic rings. The van der Waals surface area contributed by atoms with Crippen LogP contribution in [0.2, 0.25) is 0 Å². The van der Waals surface area contributed by atoms with E-state index in [4.69, 9.17) is 23.4 Å². The summed E-state index contributed by atoms with van der Waals surface area (Å²) in [5, 5.41) is 2.87. The molecular formula is C21H21NO7. The van der Waals surface area contributed by atoms with Crippen molar-refractivity contribution in [2.75, 3.05) is 33.8 Å². The molecule has 0 aliphatic carbocycles. The van der Waals surface area contributed by atoms with Crippen LogP contribution in [0.25, 0.3) is 22.3 Å². The first-order chi connectivity index (χ1) is 13.9. The van der Waals surface area contributed by atoms with Crippen LogP contribution < -0.4 is 29.7 Å². The summed E-state index contributed by atoms with van der Waals surface area (Å²) in [5.74, 6) is 1.05. The summed E-state index contributed by atoms with van der Waals surface area (Å²) in [5.41, 5.74) is 1.13. The predicted octanol–water partition coefficient (Wildman–Crippen LogP) is 3.45. The van der Waals surface area contributed by atoms with Gasteiger partial charge in [-0.2, -0.15) is 0 Å². The molecule has 0 spiro atoms. The molecule has 8 nitrogen and oxygen atoms in total. The molecule has 1 amide bonds. The van der Waals surface area contributed by atoms with E-state index in [0.29, 0.717) is 17.0 Å². The first kappa shape index (κ1) is 20.1. The summed E-state index contributed by atoms with van der Waals surface area (Å²) in [7, 11) is 5.77. The van der Waals surface area contributed by atoms with Crippen LogP contribution >= 0.6 is 0 Å². The van der Waals surface area contributed by atoms with Crippen molar-refractivity contribution in [2.24, 2.45) is 0 Å². The lowest BCUT2D eigenvalue weighted by Gasteiger charge is -2.17. The molecule has 0 saturated heterocycles. The van der Waals surface area contributed by atoms with E-state index in [2.05, 4.69) is 5.32 Å². The van der Waals surface area contributed by atoms with Gasteiger partial charge in [0.25, 0.3) is 0 Å². The van der Waals surface area contributed by atoms with E-state index in [-0.39, 0.29) is 45.3 Å². The van der Waals surface area contributed by atoms with Crippen molar-refractivity contribution < 1.29 is 28.2 Å². The summed E-state index contributed by atoms with van der Waals surface area (Å²) in [6.07, 6.45) is 0. The van der Waals surface area contributed by atoms with Crippen LogP contribution in [-0.4, -0.2) is 34.3 Å². The van der Waals surface area contributed by atoms with Gasteiger partial charge >= 0.3 is 0 Å². The van der Waals surface area contributed by atoms with E-state index in [9.17, 15) is 9.59 Å². The minimum atomic E-state index is -0.330. The summed E-state index contributed by atoms with van der Waals surface area (Å²) in [6, 6.07) is 8.27. The number of amides is 1. The monoisotopic (exact) mass is 399 g/mol. The first-order valence-electron chi connectivity index (χ1n) is 8.66. The minimum absolute atomic E-state index is 0.173. The zero-order chi connectivity index (χ0) is 21.1. The third-order valence-electron chi connectivity index (χ3n) is 4.31. The van der Waals surface area contributed by atoms with E-state index in [1.54, 1.807) is 24.3 Å². The topological polar surface area (TPSA) is 96.2 Å². The van der Waals surface area contributed by atoms with Crippen LogP contribution in [0.15, 0.2) is 39.5 Å². The largest absolute Gasteiger partial charge is 0.492 e. The van der Waals surface area contributed by atoms with Crippen molar-refractivity contribution in [2.45, 2.75) is 6.92 Å². The van der Waals surface area contributed by atoms with Gasteiger partial charge in [-0.05, 0) is 24.3 Å². The van der Waals surface area contributed by atoms with Crippen molar-refractivity contribution >= 4 is 22.6 Å². The van der Waals surface area contributed by atoms with Gasteiger partial charge in [-0.1, -0.05) is 0 Å². The third-order valence-corrected chi connectivity index (χ3v) is 4.31. The maximum Gasteiger partial charge on any atom is 0.221 e. The molecule has 1 aromatic heterocycles. The fourth-order valence-electron chi connectivity index (χ4n) is 3.11. The molecule has 1 N–H and O–H groups in total. The van der Waals surface area contributed by atoms with E-state index in [1.807, 2.05) is 0 Å². The van der Waals surface area contributed by atoms with Gasteiger partial charge in [0, 0.05) is 24.2 Å². The Hall–Kier alpha value is -3.68. The molecule has 29 heavy (non-hydrogen) atoms. The maximum absolute atomic E-state index is 13.0. The van der Waals surface area contributed by atoms with Crippen LogP contribution in [0.3, 0.4) is 0 Å². The summed E-state index contributed by atoms with van der Waals surface area (Å²) in [4.78, 5) is 24.1. The maximum atomic E-state index is 13.0. The van der Waals surface area contributed by atoms with Gasteiger partial charge in [0.05, 0.1) is 28.4 Å². The Labute approximate surface area is 166 Å². The summed E-state index contributed by atoms with van der Waals surface area (Å²) < 4.78 is 27.7. The number of rotatable bonds is 6. The number of methoxy groups -OCH3 is 4. The van der Waals surface area contributed by atoms with Crippen molar-refractivity contribution in [1.29, 1.82) is 0 Å². The quantitative estimate of drug-likeness (QED) is 0.678. The van der Waals surface area contributed by atoms with Crippen LogP contribution in [0.1, 0.15) is 6.92 Å². The molecule has 2 aromatic carbocycles. The van der Waals surface area contributed by atoms with Crippen LogP contribution in [0.5, 0.6) is 23.0 Å². The Morgan fingerprint density at radius 3 is 1.93 bits per heavy atom. The number of carbonyl (C=O) groups excluding carboxylic acids is 1. The van der Waals surface area contributed by atoms with E-state index < -0.39 is 0 Å². The average molecular weight is 399 g/mol. The lowest BCUT2D eigenvalue weighted by atomic mass is 10.1. The molecule has 0 fully saturated rings. The normalized spacial score (nSPS) is 10.5. The molecule has 0 unspecified atom stereocenters. The highest BCUT2D eigenvalue weighted by molar-refractivity contribution is 5.95. The number of ether oxygens (including phenoxy) is 4. The third kappa shape index (κ3) is 3.56. The number of benzene rings is 2.